The molecule has 3 rings (SSSR count). The predicted molar refractivity (Wildman–Crippen MR) is 94.2 cm³/mol. The van der Waals surface area contributed by atoms with Crippen molar-refractivity contribution >= 4 is 17.7 Å². The van der Waals surface area contributed by atoms with E-state index < -0.39 is 6.04 Å². The van der Waals surface area contributed by atoms with E-state index in [1.165, 1.54) is 18.1 Å². The lowest BCUT2D eigenvalue weighted by molar-refractivity contribution is -0.126. The summed E-state index contributed by atoms with van der Waals surface area (Å²) in [6.45, 7) is 2.42. The maximum absolute atomic E-state index is 12.8. The molecule has 136 valence electrons. The lowest BCUT2D eigenvalue weighted by atomic mass is 9.93. The molecule has 3 amide bonds. The van der Waals surface area contributed by atoms with Gasteiger partial charge in [-0.2, -0.15) is 0 Å². The fourth-order valence-electron chi connectivity index (χ4n) is 3.05. The van der Waals surface area contributed by atoms with Crippen molar-refractivity contribution in [3.8, 4) is 0 Å². The van der Waals surface area contributed by atoms with Crippen LogP contribution in [-0.2, 0) is 22.6 Å². The van der Waals surface area contributed by atoms with Crippen LogP contribution < -0.4 is 10.6 Å². The molecule has 2 heterocycles. The minimum atomic E-state index is -0.625. The minimum absolute atomic E-state index is 0.152. The first-order chi connectivity index (χ1) is 12.6. The van der Waals surface area contributed by atoms with E-state index in [1.54, 1.807) is 12.1 Å². The molecule has 7 nitrogen and oxygen atoms in total. The van der Waals surface area contributed by atoms with E-state index in [4.69, 9.17) is 4.42 Å². The Balaban J connectivity index is 1.76. The van der Waals surface area contributed by atoms with Crippen molar-refractivity contribution in [1.82, 2.24) is 15.5 Å². The number of carbonyl (C=O) groups is 3. The third-order valence-electron chi connectivity index (χ3n) is 4.34. The molecule has 0 bridgehead atoms. The van der Waals surface area contributed by atoms with E-state index in [2.05, 4.69) is 10.6 Å². The number of benzene rings is 1. The van der Waals surface area contributed by atoms with E-state index in [0.717, 1.165) is 11.1 Å². The van der Waals surface area contributed by atoms with Gasteiger partial charge in [0.2, 0.25) is 11.8 Å². The summed E-state index contributed by atoms with van der Waals surface area (Å²) in [7, 11) is 0. The number of hydrogen-bond acceptors (Lipinski definition) is 4. The molecule has 0 saturated carbocycles. The molecule has 1 atom stereocenters. The quantitative estimate of drug-likeness (QED) is 0.786. The van der Waals surface area contributed by atoms with E-state index in [0.29, 0.717) is 26.1 Å². The smallest absolute Gasteiger partial charge is 0.290 e. The van der Waals surface area contributed by atoms with Crippen LogP contribution in [0.1, 0.15) is 28.6 Å². The zero-order chi connectivity index (χ0) is 18.5. The van der Waals surface area contributed by atoms with Gasteiger partial charge < -0.3 is 20.0 Å². The van der Waals surface area contributed by atoms with Crippen molar-refractivity contribution in [3.63, 3.8) is 0 Å². The van der Waals surface area contributed by atoms with Crippen LogP contribution in [0, 0.1) is 0 Å². The molecule has 1 aromatic heterocycles. The second-order valence-electron chi connectivity index (χ2n) is 6.17. The van der Waals surface area contributed by atoms with E-state index in [-0.39, 0.29) is 23.5 Å². The van der Waals surface area contributed by atoms with Crippen LogP contribution in [-0.4, -0.2) is 41.8 Å². The summed E-state index contributed by atoms with van der Waals surface area (Å²) < 4.78 is 5.22. The van der Waals surface area contributed by atoms with Crippen LogP contribution in [0.15, 0.2) is 47.1 Å². The highest BCUT2D eigenvalue weighted by molar-refractivity contribution is 5.96. The number of nitrogens with zero attached hydrogens (tertiary/aromatic N) is 1. The highest BCUT2D eigenvalue weighted by atomic mass is 16.3. The Kier molecular flexibility index (Phi) is 5.36. The van der Waals surface area contributed by atoms with Gasteiger partial charge in [0.15, 0.2) is 5.76 Å². The minimum Gasteiger partial charge on any atom is -0.459 e. The number of nitrogens with one attached hydrogen (secondary N) is 2. The third kappa shape index (κ3) is 3.93. The number of furan rings is 1. The van der Waals surface area contributed by atoms with Gasteiger partial charge in [0.1, 0.15) is 6.04 Å². The molecule has 0 aliphatic carbocycles. The Bertz CT molecular complexity index is 801. The Morgan fingerprint density at radius 3 is 2.50 bits per heavy atom. The van der Waals surface area contributed by atoms with E-state index in [1.807, 2.05) is 24.3 Å². The first-order valence-corrected chi connectivity index (χ1v) is 8.49. The molecule has 1 aliphatic rings. The topological polar surface area (TPSA) is 91.7 Å². The van der Waals surface area contributed by atoms with Gasteiger partial charge in [-0.05, 0) is 23.3 Å². The van der Waals surface area contributed by atoms with Crippen LogP contribution in [0.3, 0.4) is 0 Å². The van der Waals surface area contributed by atoms with Gasteiger partial charge in [-0.3, -0.25) is 14.4 Å². The molecule has 0 radical (unpaired) electrons. The Labute approximate surface area is 151 Å². The monoisotopic (exact) mass is 355 g/mol. The molecule has 7 heteroatoms. The second-order valence-corrected chi connectivity index (χ2v) is 6.17. The van der Waals surface area contributed by atoms with Gasteiger partial charge in [-0.25, -0.2) is 0 Å². The number of hydrogen-bond donors (Lipinski definition) is 2. The molecule has 0 fully saturated rings. The molecular weight excluding hydrogens is 334 g/mol. The predicted octanol–water partition coefficient (Wildman–Crippen LogP) is 1.10. The van der Waals surface area contributed by atoms with Crippen LogP contribution in [0.5, 0.6) is 0 Å². The van der Waals surface area contributed by atoms with Crippen LogP contribution >= 0.6 is 0 Å². The summed E-state index contributed by atoms with van der Waals surface area (Å²) in [6, 6.07) is 10.4. The van der Waals surface area contributed by atoms with Crippen molar-refractivity contribution in [2.24, 2.45) is 0 Å². The van der Waals surface area contributed by atoms with Crippen molar-refractivity contribution in [3.05, 3.63) is 59.5 Å². The molecule has 1 unspecified atom stereocenters. The fraction of sp³-hybridized carbons (Fsp3) is 0.316. The standard InChI is InChI=1S/C19H21N3O4/c1-13(23)20-8-9-21-18(24)16-11-14-5-2-3-6-15(14)12-22(16)19(25)17-7-4-10-26-17/h2-7,10,16H,8-9,11-12H2,1H3,(H,20,23)(H,21,24). The number of fused-ring (bicyclic) bond motifs is 1. The first-order valence-electron chi connectivity index (χ1n) is 8.49. The second kappa shape index (κ2) is 7.86. The van der Waals surface area contributed by atoms with E-state index in [9.17, 15) is 14.4 Å². The summed E-state index contributed by atoms with van der Waals surface area (Å²) in [5.41, 5.74) is 2.08. The molecule has 26 heavy (non-hydrogen) atoms. The lowest BCUT2D eigenvalue weighted by Gasteiger charge is -2.35. The number of carbonyl (C=O) groups excluding carboxylic acids is 3. The molecule has 1 aliphatic heterocycles. The summed E-state index contributed by atoms with van der Waals surface area (Å²) in [5.74, 6) is -0.503. The summed E-state index contributed by atoms with van der Waals surface area (Å²) in [5, 5.41) is 5.42. The van der Waals surface area contributed by atoms with Gasteiger partial charge in [0.25, 0.3) is 5.91 Å². The molecule has 0 saturated heterocycles. The molecule has 2 N–H and O–H groups in total. The average molecular weight is 355 g/mol. The fourth-order valence-corrected chi connectivity index (χ4v) is 3.05. The summed E-state index contributed by atoms with van der Waals surface area (Å²) in [4.78, 5) is 37.9. The zero-order valence-corrected chi connectivity index (χ0v) is 14.5. The van der Waals surface area contributed by atoms with Gasteiger partial charge in [-0.1, -0.05) is 24.3 Å². The van der Waals surface area contributed by atoms with Crippen LogP contribution in [0.4, 0.5) is 0 Å². The first kappa shape index (κ1) is 17.7. The Hall–Kier alpha value is -3.09. The SMILES string of the molecule is CC(=O)NCCNC(=O)C1Cc2ccccc2CN1C(=O)c1ccco1. The van der Waals surface area contributed by atoms with Crippen molar-refractivity contribution < 1.29 is 18.8 Å². The molecular formula is C19H21N3O4. The lowest BCUT2D eigenvalue weighted by Crippen LogP contribution is -2.53. The van der Waals surface area contributed by atoms with Crippen LogP contribution in [0.2, 0.25) is 0 Å². The van der Waals surface area contributed by atoms with Crippen LogP contribution in [0.25, 0.3) is 0 Å². The highest BCUT2D eigenvalue weighted by Gasteiger charge is 2.35. The van der Waals surface area contributed by atoms with Gasteiger partial charge in [-0.15, -0.1) is 0 Å². The highest BCUT2D eigenvalue weighted by Crippen LogP contribution is 2.25. The molecule has 2 aromatic rings. The van der Waals surface area contributed by atoms with E-state index >= 15 is 0 Å². The number of rotatable bonds is 5. The van der Waals surface area contributed by atoms with Crippen molar-refractivity contribution in [2.45, 2.75) is 25.9 Å². The van der Waals surface area contributed by atoms with Crippen molar-refractivity contribution in [2.75, 3.05) is 13.1 Å². The number of amides is 3. The zero-order valence-electron chi connectivity index (χ0n) is 14.5. The van der Waals surface area contributed by atoms with Crippen molar-refractivity contribution in [1.29, 1.82) is 0 Å². The van der Waals surface area contributed by atoms with Gasteiger partial charge in [0, 0.05) is 33.0 Å². The third-order valence-corrected chi connectivity index (χ3v) is 4.34. The normalized spacial score (nSPS) is 15.9. The average Bonchev–Trinajstić information content (AvgIpc) is 3.18. The molecule has 1 aromatic carbocycles. The molecule has 0 spiro atoms. The van der Waals surface area contributed by atoms with Gasteiger partial charge in [0.05, 0.1) is 6.26 Å². The summed E-state index contributed by atoms with van der Waals surface area (Å²) >= 11 is 0. The van der Waals surface area contributed by atoms with Gasteiger partial charge >= 0.3 is 0 Å². The summed E-state index contributed by atoms with van der Waals surface area (Å²) in [6.07, 6.45) is 1.88. The Morgan fingerprint density at radius 2 is 1.81 bits per heavy atom. The maximum Gasteiger partial charge on any atom is 0.290 e. The maximum atomic E-state index is 12.8. The Morgan fingerprint density at radius 1 is 1.08 bits per heavy atom. The largest absolute Gasteiger partial charge is 0.459 e.